The van der Waals surface area contributed by atoms with Crippen LogP contribution in [0.25, 0.3) is 28.5 Å². The Balaban J connectivity index is 2.31. The van der Waals surface area contributed by atoms with E-state index in [0.717, 1.165) is 16.6 Å². The molecule has 0 fully saturated rings. The first-order valence-corrected chi connectivity index (χ1v) is 7.85. The first-order valence-electron chi connectivity index (χ1n) is 6.41. The largest absolute Gasteiger partial charge is 0.507 e. The molecule has 0 radical (unpaired) electrons. The Morgan fingerprint density at radius 1 is 1.32 bits per heavy atom. The molecule has 11 heteroatoms. The van der Waals surface area contributed by atoms with Crippen LogP contribution >= 0.6 is 0 Å². The van der Waals surface area contributed by atoms with Gasteiger partial charge in [-0.3, -0.25) is 4.55 Å². The van der Waals surface area contributed by atoms with Crippen molar-refractivity contribution in [3.63, 3.8) is 0 Å². The summed E-state index contributed by atoms with van der Waals surface area (Å²) in [5.41, 5.74) is -0.374. The first-order chi connectivity index (χ1) is 11.7. The number of phenolic OH excluding ortho intramolecular Hbond substituents is 2. The van der Waals surface area contributed by atoms with E-state index in [4.69, 9.17) is 16.4 Å². The molecule has 25 heavy (non-hydrogen) atoms. The van der Waals surface area contributed by atoms with E-state index in [1.165, 1.54) is 0 Å². The molecule has 0 spiro atoms. The average molecular weight is 357 g/mol. The van der Waals surface area contributed by atoms with Gasteiger partial charge in [-0.1, -0.05) is 6.58 Å². The zero-order chi connectivity index (χ0) is 18.5. The number of rotatable bonds is 2. The summed E-state index contributed by atoms with van der Waals surface area (Å²) in [4.78, 5) is 6.52. The van der Waals surface area contributed by atoms with Gasteiger partial charge in [0.05, 0.1) is 23.6 Å². The second kappa shape index (κ2) is 5.17. The van der Waals surface area contributed by atoms with Crippen LogP contribution in [0.3, 0.4) is 0 Å². The van der Waals surface area contributed by atoms with E-state index in [9.17, 15) is 18.6 Å². The van der Waals surface area contributed by atoms with Crippen molar-refractivity contribution in [3.05, 3.63) is 34.5 Å². The molecule has 0 unspecified atom stereocenters. The fourth-order valence-electron chi connectivity index (χ4n) is 2.30. The lowest BCUT2D eigenvalue weighted by molar-refractivity contribution is 0.445. The number of hydrogen-bond donors (Lipinski definition) is 3. The quantitative estimate of drug-likeness (QED) is 0.445. The SMILES string of the molecule is [C-]#[N+]c1c(C#N)c(=C)n2nc(-c3c(O)cc(S(=O)(=O)O)cc3O)nc12. The van der Waals surface area contributed by atoms with Crippen molar-refractivity contribution in [2.75, 3.05) is 0 Å². The summed E-state index contributed by atoms with van der Waals surface area (Å²) in [6.07, 6.45) is 0. The van der Waals surface area contributed by atoms with E-state index in [1.807, 2.05) is 6.07 Å². The van der Waals surface area contributed by atoms with Gasteiger partial charge in [-0.25, -0.2) is 14.3 Å². The summed E-state index contributed by atoms with van der Waals surface area (Å²) in [7, 11) is -4.64. The van der Waals surface area contributed by atoms with Crippen LogP contribution in [0.1, 0.15) is 5.56 Å². The summed E-state index contributed by atoms with van der Waals surface area (Å²) < 4.78 is 32.3. The Morgan fingerprint density at radius 2 is 1.92 bits per heavy atom. The summed E-state index contributed by atoms with van der Waals surface area (Å²) in [6.45, 7) is 10.8. The molecule has 3 rings (SSSR count). The number of phenols is 2. The monoisotopic (exact) mass is 357 g/mol. The first kappa shape index (κ1) is 16.2. The number of aromatic nitrogens is 3. The van der Waals surface area contributed by atoms with Crippen molar-refractivity contribution in [1.29, 1.82) is 5.26 Å². The van der Waals surface area contributed by atoms with Crippen LogP contribution in [0.5, 0.6) is 11.5 Å². The lowest BCUT2D eigenvalue weighted by atomic mass is 10.1. The van der Waals surface area contributed by atoms with E-state index in [0.29, 0.717) is 0 Å². The van der Waals surface area contributed by atoms with Crippen LogP contribution < -0.4 is 5.35 Å². The van der Waals surface area contributed by atoms with E-state index in [2.05, 4.69) is 21.5 Å². The Hall–Kier alpha value is -3.67. The maximum Gasteiger partial charge on any atom is 0.294 e. The fourth-order valence-corrected chi connectivity index (χ4v) is 2.82. The van der Waals surface area contributed by atoms with Gasteiger partial charge in [0.1, 0.15) is 22.0 Å². The van der Waals surface area contributed by atoms with Gasteiger partial charge in [0.25, 0.3) is 10.1 Å². The highest BCUT2D eigenvalue weighted by Crippen LogP contribution is 2.38. The maximum absolute atomic E-state index is 11.1. The van der Waals surface area contributed by atoms with E-state index >= 15 is 0 Å². The molecule has 1 aromatic carbocycles. The van der Waals surface area contributed by atoms with Crippen LogP contribution in [-0.2, 0) is 10.1 Å². The van der Waals surface area contributed by atoms with Crippen LogP contribution in [0, 0.1) is 17.9 Å². The molecule has 0 bridgehead atoms. The number of hydrogen-bond acceptors (Lipinski definition) is 7. The lowest BCUT2D eigenvalue weighted by Gasteiger charge is -2.06. The van der Waals surface area contributed by atoms with Crippen molar-refractivity contribution in [2.24, 2.45) is 0 Å². The summed E-state index contributed by atoms with van der Waals surface area (Å²) >= 11 is 0. The maximum atomic E-state index is 11.1. The zero-order valence-electron chi connectivity index (χ0n) is 12.2. The van der Waals surface area contributed by atoms with Crippen molar-refractivity contribution in [1.82, 2.24) is 14.6 Å². The van der Waals surface area contributed by atoms with Crippen LogP contribution in [0.4, 0.5) is 5.69 Å². The third kappa shape index (κ3) is 2.31. The molecule has 2 aromatic heterocycles. The van der Waals surface area contributed by atoms with Crippen LogP contribution in [0.2, 0.25) is 0 Å². The van der Waals surface area contributed by atoms with Gasteiger partial charge in [-0.05, 0) is 0 Å². The van der Waals surface area contributed by atoms with Gasteiger partial charge in [0.2, 0.25) is 5.69 Å². The molecule has 124 valence electrons. The van der Waals surface area contributed by atoms with E-state index in [-0.39, 0.29) is 33.6 Å². The second-order valence-electron chi connectivity index (χ2n) is 4.88. The normalized spacial score (nSPS) is 11.3. The molecule has 3 N–H and O–H groups in total. The summed E-state index contributed by atoms with van der Waals surface area (Å²) in [5.74, 6) is -1.61. The minimum atomic E-state index is -4.64. The second-order valence-corrected chi connectivity index (χ2v) is 6.30. The summed E-state index contributed by atoms with van der Waals surface area (Å²) in [5, 5.41) is 33.2. The zero-order valence-corrected chi connectivity index (χ0v) is 13.0. The van der Waals surface area contributed by atoms with Crippen LogP contribution in [-0.4, -0.2) is 37.8 Å². The molecule has 0 aliphatic heterocycles. The molecule has 0 aliphatic carbocycles. The highest BCUT2D eigenvalue weighted by atomic mass is 32.2. The summed E-state index contributed by atoms with van der Waals surface area (Å²) in [6, 6.07) is 3.27. The van der Waals surface area contributed by atoms with Gasteiger partial charge < -0.3 is 10.2 Å². The van der Waals surface area contributed by atoms with Crippen molar-refractivity contribution >= 4 is 28.0 Å². The molecule has 3 aromatic rings. The van der Waals surface area contributed by atoms with Gasteiger partial charge in [-0.15, -0.1) is 5.10 Å². The molecule has 0 atom stereocenters. The highest BCUT2D eigenvalue weighted by Gasteiger charge is 2.24. The Labute approximate surface area is 140 Å². The van der Waals surface area contributed by atoms with Crippen molar-refractivity contribution < 1.29 is 23.2 Å². The smallest absolute Gasteiger partial charge is 0.294 e. The third-order valence-corrected chi connectivity index (χ3v) is 4.25. The van der Waals surface area contributed by atoms with E-state index < -0.39 is 26.5 Å². The van der Waals surface area contributed by atoms with Gasteiger partial charge in [-0.2, -0.15) is 13.7 Å². The number of aromatic hydroxyl groups is 2. The topological polar surface area (TPSA) is 153 Å². The Bertz CT molecular complexity index is 1260. The average Bonchev–Trinajstić information content (AvgIpc) is 3.03. The minimum absolute atomic E-state index is 0.00389. The molecular weight excluding hydrogens is 350 g/mol. The minimum Gasteiger partial charge on any atom is -0.507 e. The molecular formula is C14H7N5O5S. The Kier molecular flexibility index (Phi) is 3.35. The van der Waals surface area contributed by atoms with Crippen molar-refractivity contribution in [2.45, 2.75) is 4.90 Å². The molecule has 10 nitrogen and oxygen atoms in total. The molecule has 0 aliphatic rings. The lowest BCUT2D eigenvalue weighted by Crippen LogP contribution is -2.10. The fraction of sp³-hybridized carbons (Fsp3) is 0. The van der Waals surface area contributed by atoms with E-state index in [1.54, 1.807) is 0 Å². The van der Waals surface area contributed by atoms with Crippen LogP contribution in [0.15, 0.2) is 17.0 Å². The number of nitriles is 1. The molecule has 0 saturated heterocycles. The third-order valence-electron chi connectivity index (χ3n) is 3.42. The Morgan fingerprint density at radius 3 is 2.40 bits per heavy atom. The molecule has 2 heterocycles. The van der Waals surface area contributed by atoms with Gasteiger partial charge >= 0.3 is 0 Å². The number of fused-ring (bicyclic) bond motifs is 1. The van der Waals surface area contributed by atoms with Gasteiger partial charge in [0.15, 0.2) is 11.5 Å². The van der Waals surface area contributed by atoms with Crippen molar-refractivity contribution in [3.8, 4) is 29.0 Å². The predicted octanol–water partition coefficient (Wildman–Crippen LogP) is 0.606. The van der Waals surface area contributed by atoms with Gasteiger partial charge in [0, 0.05) is 12.1 Å². The standard InChI is InChI=1S/C14H7N5O5S/c1-6-8(5-15)12(16-2)14-17-13(18-19(6)14)11-9(20)3-7(4-10(11)21)25(22,23)24/h3-4,20-21H,1H2,(H,22,23,24). The molecule has 0 saturated carbocycles. The highest BCUT2D eigenvalue weighted by molar-refractivity contribution is 7.85. The predicted molar refractivity (Wildman–Crippen MR) is 83.3 cm³/mol. The molecule has 0 amide bonds. The number of benzene rings is 1. The number of nitrogens with zero attached hydrogens (tertiary/aromatic N) is 5.